The molecule has 2 fully saturated rings. The molecule has 4 rings (SSSR count). The summed E-state index contributed by atoms with van der Waals surface area (Å²) in [7, 11) is 0. The van der Waals surface area contributed by atoms with Gasteiger partial charge in [-0.05, 0) is 31.5 Å². The average Bonchev–Trinajstić information content (AvgIpc) is 3.19. The highest BCUT2D eigenvalue weighted by Crippen LogP contribution is 2.24. The Bertz CT molecular complexity index is 708. The van der Waals surface area contributed by atoms with Crippen molar-refractivity contribution in [1.29, 1.82) is 0 Å². The highest BCUT2D eigenvalue weighted by molar-refractivity contribution is 5.90. The predicted molar refractivity (Wildman–Crippen MR) is 101 cm³/mol. The SMILES string of the molecule is CCN1CCN(c2nc(NCC3CCCO3)c3ccccc3n2)CC1. The van der Waals surface area contributed by atoms with Gasteiger partial charge in [-0.25, -0.2) is 4.98 Å². The molecular weight excluding hydrogens is 314 g/mol. The Hall–Kier alpha value is -1.92. The van der Waals surface area contributed by atoms with Crippen LogP contribution in [0.2, 0.25) is 0 Å². The van der Waals surface area contributed by atoms with Crippen molar-refractivity contribution in [3.8, 4) is 0 Å². The van der Waals surface area contributed by atoms with Crippen LogP contribution >= 0.6 is 0 Å². The lowest BCUT2D eigenvalue weighted by atomic mass is 10.2. The maximum absolute atomic E-state index is 5.74. The van der Waals surface area contributed by atoms with E-state index in [4.69, 9.17) is 14.7 Å². The topological polar surface area (TPSA) is 53.5 Å². The quantitative estimate of drug-likeness (QED) is 0.901. The molecule has 0 radical (unpaired) electrons. The fourth-order valence-electron chi connectivity index (χ4n) is 3.62. The number of anilines is 2. The Morgan fingerprint density at radius 2 is 2.00 bits per heavy atom. The zero-order valence-corrected chi connectivity index (χ0v) is 14.9. The van der Waals surface area contributed by atoms with E-state index in [-0.39, 0.29) is 0 Å². The summed E-state index contributed by atoms with van der Waals surface area (Å²) in [6.45, 7) is 9.13. The summed E-state index contributed by atoms with van der Waals surface area (Å²) in [5.74, 6) is 1.76. The van der Waals surface area contributed by atoms with Crippen LogP contribution in [0.1, 0.15) is 19.8 Å². The van der Waals surface area contributed by atoms with Gasteiger partial charge in [-0.3, -0.25) is 0 Å². The van der Waals surface area contributed by atoms with Gasteiger partial charge in [-0.1, -0.05) is 19.1 Å². The summed E-state index contributed by atoms with van der Waals surface area (Å²) < 4.78 is 5.74. The third kappa shape index (κ3) is 3.70. The molecule has 0 aliphatic carbocycles. The van der Waals surface area contributed by atoms with E-state index in [9.17, 15) is 0 Å². The van der Waals surface area contributed by atoms with E-state index >= 15 is 0 Å². The minimum Gasteiger partial charge on any atom is -0.376 e. The number of piperazine rings is 1. The maximum Gasteiger partial charge on any atom is 0.227 e. The molecule has 1 aromatic heterocycles. The van der Waals surface area contributed by atoms with Gasteiger partial charge in [0.05, 0.1) is 11.6 Å². The van der Waals surface area contributed by atoms with Crippen molar-refractivity contribution in [2.45, 2.75) is 25.9 Å². The van der Waals surface area contributed by atoms with E-state index in [2.05, 4.69) is 34.2 Å². The molecule has 2 aromatic rings. The first-order chi connectivity index (χ1) is 12.3. The van der Waals surface area contributed by atoms with Gasteiger partial charge in [0.2, 0.25) is 5.95 Å². The lowest BCUT2D eigenvalue weighted by Gasteiger charge is -2.34. The van der Waals surface area contributed by atoms with Crippen LogP contribution in [0.4, 0.5) is 11.8 Å². The first kappa shape index (κ1) is 16.5. The highest BCUT2D eigenvalue weighted by Gasteiger charge is 2.20. The van der Waals surface area contributed by atoms with E-state index in [1.807, 2.05) is 12.1 Å². The van der Waals surface area contributed by atoms with Crippen LogP contribution in [0.25, 0.3) is 10.9 Å². The first-order valence-corrected chi connectivity index (χ1v) is 9.43. The minimum atomic E-state index is 0.297. The number of para-hydroxylation sites is 1. The first-order valence-electron chi connectivity index (χ1n) is 9.43. The predicted octanol–water partition coefficient (Wildman–Crippen LogP) is 2.36. The number of fused-ring (bicyclic) bond motifs is 1. The average molecular weight is 341 g/mol. The molecule has 6 heteroatoms. The summed E-state index contributed by atoms with van der Waals surface area (Å²) >= 11 is 0. The van der Waals surface area contributed by atoms with E-state index in [1.54, 1.807) is 0 Å². The van der Waals surface area contributed by atoms with Crippen LogP contribution in [0.15, 0.2) is 24.3 Å². The molecular formula is C19H27N5O. The smallest absolute Gasteiger partial charge is 0.227 e. The number of rotatable bonds is 5. The molecule has 2 saturated heterocycles. The number of hydrogen-bond donors (Lipinski definition) is 1. The van der Waals surface area contributed by atoms with Crippen LogP contribution in [-0.4, -0.2) is 66.8 Å². The van der Waals surface area contributed by atoms with Crippen LogP contribution in [0.5, 0.6) is 0 Å². The van der Waals surface area contributed by atoms with Crippen molar-refractivity contribution in [3.63, 3.8) is 0 Å². The van der Waals surface area contributed by atoms with Gasteiger partial charge in [0.15, 0.2) is 0 Å². The van der Waals surface area contributed by atoms with Gasteiger partial charge in [0.25, 0.3) is 0 Å². The lowest BCUT2D eigenvalue weighted by Crippen LogP contribution is -2.46. The number of aromatic nitrogens is 2. The number of benzene rings is 1. The summed E-state index contributed by atoms with van der Waals surface area (Å²) in [6.07, 6.45) is 2.58. The maximum atomic E-state index is 5.74. The zero-order chi connectivity index (χ0) is 17.1. The molecule has 1 N–H and O–H groups in total. The standard InChI is InChI=1S/C19H27N5O/c1-2-23-9-11-24(12-10-23)19-21-17-8-4-3-7-16(17)18(22-19)20-14-15-6-5-13-25-15/h3-4,7-8,15H,2,5-6,9-14H2,1H3,(H,20,21,22). The third-order valence-electron chi connectivity index (χ3n) is 5.21. The Labute approximate surface area is 149 Å². The minimum absolute atomic E-state index is 0.297. The molecule has 1 unspecified atom stereocenters. The largest absolute Gasteiger partial charge is 0.376 e. The van der Waals surface area contributed by atoms with Crippen molar-refractivity contribution in [2.75, 3.05) is 56.1 Å². The second-order valence-electron chi connectivity index (χ2n) is 6.83. The number of nitrogens with one attached hydrogen (secondary N) is 1. The van der Waals surface area contributed by atoms with Gasteiger partial charge in [0.1, 0.15) is 5.82 Å². The van der Waals surface area contributed by atoms with Crippen molar-refractivity contribution < 1.29 is 4.74 Å². The van der Waals surface area contributed by atoms with Crippen molar-refractivity contribution in [2.24, 2.45) is 0 Å². The second kappa shape index (κ2) is 7.54. The second-order valence-corrected chi connectivity index (χ2v) is 6.83. The summed E-state index contributed by atoms with van der Waals surface area (Å²) in [4.78, 5) is 14.4. The zero-order valence-electron chi connectivity index (χ0n) is 14.9. The van der Waals surface area contributed by atoms with Gasteiger partial charge in [-0.2, -0.15) is 4.98 Å². The number of likely N-dealkylation sites (N-methyl/N-ethyl adjacent to an activating group) is 1. The van der Waals surface area contributed by atoms with Crippen LogP contribution < -0.4 is 10.2 Å². The molecule has 2 aliphatic rings. The van der Waals surface area contributed by atoms with Gasteiger partial charge in [0, 0.05) is 44.7 Å². The Kier molecular flexibility index (Phi) is 4.99. The Morgan fingerprint density at radius 3 is 2.76 bits per heavy atom. The molecule has 134 valence electrons. The highest BCUT2D eigenvalue weighted by atomic mass is 16.5. The van der Waals surface area contributed by atoms with Crippen LogP contribution in [0, 0.1) is 0 Å². The van der Waals surface area contributed by atoms with Crippen molar-refractivity contribution >= 4 is 22.7 Å². The third-order valence-corrected chi connectivity index (χ3v) is 5.21. The van der Waals surface area contributed by atoms with Crippen molar-refractivity contribution in [1.82, 2.24) is 14.9 Å². The van der Waals surface area contributed by atoms with Crippen LogP contribution in [-0.2, 0) is 4.74 Å². The molecule has 1 aromatic carbocycles. The van der Waals surface area contributed by atoms with E-state index in [0.717, 1.165) is 81.4 Å². The summed E-state index contributed by atoms with van der Waals surface area (Å²) in [5, 5.41) is 4.60. The van der Waals surface area contributed by atoms with E-state index in [1.165, 1.54) is 0 Å². The fraction of sp³-hybridized carbons (Fsp3) is 0.579. The number of nitrogens with zero attached hydrogens (tertiary/aromatic N) is 4. The summed E-state index contributed by atoms with van der Waals surface area (Å²) in [6, 6.07) is 8.24. The molecule has 1 atom stereocenters. The van der Waals surface area contributed by atoms with E-state index < -0.39 is 0 Å². The van der Waals surface area contributed by atoms with E-state index in [0.29, 0.717) is 6.10 Å². The molecule has 0 amide bonds. The number of ether oxygens (including phenoxy) is 1. The molecule has 0 spiro atoms. The molecule has 25 heavy (non-hydrogen) atoms. The summed E-state index contributed by atoms with van der Waals surface area (Å²) in [5.41, 5.74) is 1.00. The molecule has 0 saturated carbocycles. The lowest BCUT2D eigenvalue weighted by molar-refractivity contribution is 0.120. The fourth-order valence-corrected chi connectivity index (χ4v) is 3.62. The molecule has 6 nitrogen and oxygen atoms in total. The van der Waals surface area contributed by atoms with Crippen LogP contribution in [0.3, 0.4) is 0 Å². The van der Waals surface area contributed by atoms with Gasteiger partial charge < -0.3 is 19.9 Å². The van der Waals surface area contributed by atoms with Crippen molar-refractivity contribution in [3.05, 3.63) is 24.3 Å². The van der Waals surface area contributed by atoms with Gasteiger partial charge in [-0.15, -0.1) is 0 Å². The molecule has 2 aliphatic heterocycles. The molecule has 0 bridgehead atoms. The molecule has 3 heterocycles. The monoisotopic (exact) mass is 341 g/mol. The number of hydrogen-bond acceptors (Lipinski definition) is 6. The normalized spacial score (nSPS) is 21.8. The Balaban J connectivity index is 1.57. The van der Waals surface area contributed by atoms with Gasteiger partial charge >= 0.3 is 0 Å². The Morgan fingerprint density at radius 1 is 1.16 bits per heavy atom.